The second-order valence-electron chi connectivity index (χ2n) is 4.02. The summed E-state index contributed by atoms with van der Waals surface area (Å²) < 4.78 is 23.9. The van der Waals surface area contributed by atoms with Gasteiger partial charge in [-0.1, -0.05) is 6.92 Å². The molecular weight excluding hydrogens is 204 g/mol. The van der Waals surface area contributed by atoms with E-state index < -0.39 is 10.0 Å². The van der Waals surface area contributed by atoms with Crippen LogP contribution in [-0.2, 0) is 14.8 Å². The molecule has 0 radical (unpaired) electrons. The third kappa shape index (κ3) is 1.25. The normalized spacial score (nSPS) is 37.7. The molecule has 6 heteroatoms. The quantitative estimate of drug-likeness (QED) is 0.623. The Balaban J connectivity index is 2.38. The smallest absolute Gasteiger partial charge is 0.240 e. The Kier molecular flexibility index (Phi) is 2.08. The maximum Gasteiger partial charge on any atom is 0.240 e. The molecule has 2 rings (SSSR count). The van der Waals surface area contributed by atoms with Crippen molar-refractivity contribution in [1.29, 1.82) is 0 Å². The Morgan fingerprint density at radius 3 is 2.71 bits per heavy atom. The van der Waals surface area contributed by atoms with Crippen molar-refractivity contribution in [3.8, 4) is 0 Å². The molecule has 1 N–H and O–H groups in total. The summed E-state index contributed by atoms with van der Waals surface area (Å²) in [5.41, 5.74) is 0. The van der Waals surface area contributed by atoms with Gasteiger partial charge in [0.2, 0.25) is 15.9 Å². The number of rotatable bonds is 1. The van der Waals surface area contributed by atoms with E-state index in [1.807, 2.05) is 0 Å². The lowest BCUT2D eigenvalue weighted by Crippen LogP contribution is -2.39. The molecule has 5 nitrogen and oxygen atoms in total. The van der Waals surface area contributed by atoms with Gasteiger partial charge >= 0.3 is 0 Å². The summed E-state index contributed by atoms with van der Waals surface area (Å²) in [6.07, 6.45) is 1.83. The Bertz CT molecular complexity index is 365. The van der Waals surface area contributed by atoms with Gasteiger partial charge in [-0.3, -0.25) is 4.79 Å². The molecular formula is C8H14N2O3S. The first-order valence-corrected chi connectivity index (χ1v) is 6.54. The van der Waals surface area contributed by atoms with E-state index in [2.05, 4.69) is 5.32 Å². The van der Waals surface area contributed by atoms with E-state index in [-0.39, 0.29) is 23.9 Å². The summed E-state index contributed by atoms with van der Waals surface area (Å²) in [4.78, 5) is 11.7. The molecule has 2 unspecified atom stereocenters. The lowest BCUT2D eigenvalue weighted by atomic mass is 10.0. The number of nitrogens with zero attached hydrogens (tertiary/aromatic N) is 1. The van der Waals surface area contributed by atoms with Crippen molar-refractivity contribution in [1.82, 2.24) is 9.62 Å². The minimum atomic E-state index is -3.40. The van der Waals surface area contributed by atoms with E-state index in [9.17, 15) is 13.2 Å². The zero-order chi connectivity index (χ0) is 10.5. The van der Waals surface area contributed by atoms with Crippen molar-refractivity contribution in [3.63, 3.8) is 0 Å². The number of hydrogen-bond donors (Lipinski definition) is 1. The van der Waals surface area contributed by atoms with Crippen molar-refractivity contribution < 1.29 is 13.2 Å². The van der Waals surface area contributed by atoms with Crippen LogP contribution in [0.15, 0.2) is 0 Å². The van der Waals surface area contributed by atoms with Crippen LogP contribution in [0.2, 0.25) is 0 Å². The highest BCUT2D eigenvalue weighted by Crippen LogP contribution is 2.32. The second kappa shape index (κ2) is 2.93. The molecule has 0 aromatic heterocycles. The topological polar surface area (TPSA) is 66.5 Å². The van der Waals surface area contributed by atoms with Gasteiger partial charge in [0.25, 0.3) is 0 Å². The molecule has 2 heterocycles. The van der Waals surface area contributed by atoms with Crippen LogP contribution in [0.4, 0.5) is 0 Å². The maximum absolute atomic E-state index is 11.7. The lowest BCUT2D eigenvalue weighted by molar-refractivity contribution is -0.127. The van der Waals surface area contributed by atoms with Gasteiger partial charge in [-0.05, 0) is 13.0 Å². The zero-order valence-electron chi connectivity index (χ0n) is 8.23. The molecule has 2 aliphatic rings. The monoisotopic (exact) mass is 218 g/mol. The fourth-order valence-electron chi connectivity index (χ4n) is 2.41. The molecule has 0 bridgehead atoms. The molecule has 80 valence electrons. The largest absolute Gasteiger partial charge is 0.311 e. The average Bonchev–Trinajstić information content (AvgIpc) is 2.55. The Hall–Kier alpha value is -0.620. The van der Waals surface area contributed by atoms with E-state index >= 15 is 0 Å². The van der Waals surface area contributed by atoms with Crippen LogP contribution in [0.1, 0.15) is 13.3 Å². The van der Waals surface area contributed by atoms with Crippen LogP contribution in [0.5, 0.6) is 0 Å². The molecule has 0 aliphatic carbocycles. The summed E-state index contributed by atoms with van der Waals surface area (Å²) in [6.45, 7) is 2.57. The number of sulfonamides is 1. The van der Waals surface area contributed by atoms with Crippen molar-refractivity contribution >= 4 is 15.9 Å². The van der Waals surface area contributed by atoms with E-state index in [0.29, 0.717) is 0 Å². The average molecular weight is 218 g/mol. The van der Waals surface area contributed by atoms with Crippen molar-refractivity contribution in [2.24, 2.45) is 5.92 Å². The van der Waals surface area contributed by atoms with Crippen LogP contribution < -0.4 is 5.32 Å². The summed E-state index contributed by atoms with van der Waals surface area (Å²) in [7, 11) is -3.40. The second-order valence-corrected chi connectivity index (χ2v) is 5.88. The summed E-state index contributed by atoms with van der Waals surface area (Å²) in [5.74, 6) is -0.494. The third-order valence-electron chi connectivity index (χ3n) is 3.04. The predicted octanol–water partition coefficient (Wildman–Crippen LogP) is -0.845. The fraction of sp³-hybridized carbons (Fsp3) is 0.875. The Labute approximate surface area is 83.5 Å². The molecule has 14 heavy (non-hydrogen) atoms. The third-order valence-corrected chi connectivity index (χ3v) is 4.20. The molecule has 0 aromatic carbocycles. The minimum absolute atomic E-state index is 0.0113. The number of fused-ring (bicyclic) bond motifs is 1. The Morgan fingerprint density at radius 2 is 2.14 bits per heavy atom. The highest BCUT2D eigenvalue weighted by Gasteiger charge is 2.51. The Morgan fingerprint density at radius 1 is 1.50 bits per heavy atom. The van der Waals surface area contributed by atoms with Crippen LogP contribution in [0, 0.1) is 5.92 Å². The SMILES string of the molecule is C[C@H]1C(=O)N(S(C)(=O)=O)C2CCNC21. The number of hydrogen-bond acceptors (Lipinski definition) is 4. The molecule has 1 amide bonds. The first kappa shape index (κ1) is 9.92. The summed E-state index contributed by atoms with van der Waals surface area (Å²) in [6, 6.07) is -0.148. The first-order chi connectivity index (χ1) is 6.43. The highest BCUT2D eigenvalue weighted by molar-refractivity contribution is 7.88. The molecule has 2 saturated heterocycles. The van der Waals surface area contributed by atoms with Gasteiger partial charge in [0.1, 0.15) is 0 Å². The predicted molar refractivity (Wildman–Crippen MR) is 51.0 cm³/mol. The molecule has 3 atom stereocenters. The zero-order valence-corrected chi connectivity index (χ0v) is 9.04. The van der Waals surface area contributed by atoms with E-state index in [1.54, 1.807) is 6.92 Å². The van der Waals surface area contributed by atoms with Gasteiger partial charge < -0.3 is 5.32 Å². The van der Waals surface area contributed by atoms with Crippen molar-refractivity contribution in [2.45, 2.75) is 25.4 Å². The van der Waals surface area contributed by atoms with Crippen LogP contribution in [-0.4, -0.2) is 43.5 Å². The molecule has 0 saturated carbocycles. The molecule has 2 aliphatic heterocycles. The van der Waals surface area contributed by atoms with Crippen LogP contribution in [0.3, 0.4) is 0 Å². The van der Waals surface area contributed by atoms with Gasteiger partial charge in [0, 0.05) is 6.04 Å². The van der Waals surface area contributed by atoms with Gasteiger partial charge in [0.15, 0.2) is 0 Å². The number of amides is 1. The first-order valence-electron chi connectivity index (χ1n) is 4.69. The van der Waals surface area contributed by atoms with Crippen LogP contribution >= 0.6 is 0 Å². The molecule has 0 aromatic rings. The minimum Gasteiger partial charge on any atom is -0.311 e. The summed E-state index contributed by atoms with van der Waals surface area (Å²) in [5, 5.41) is 3.17. The fourth-order valence-corrected chi connectivity index (χ4v) is 3.64. The van der Waals surface area contributed by atoms with Gasteiger partial charge in [0.05, 0.1) is 18.2 Å². The number of carbonyl (C=O) groups excluding carboxylic acids is 1. The number of nitrogens with one attached hydrogen (secondary N) is 1. The van der Waals surface area contributed by atoms with E-state index in [4.69, 9.17) is 0 Å². The lowest BCUT2D eigenvalue weighted by Gasteiger charge is -2.20. The molecule has 2 fully saturated rings. The standard InChI is InChI=1S/C8H14N2O3S/c1-5-7-6(3-4-9-7)10(8(5)11)14(2,12)13/h5-7,9H,3-4H2,1-2H3/t5-,6?,7?/m1/s1. The van der Waals surface area contributed by atoms with Crippen LogP contribution in [0.25, 0.3) is 0 Å². The van der Waals surface area contributed by atoms with Gasteiger partial charge in [-0.15, -0.1) is 0 Å². The van der Waals surface area contributed by atoms with E-state index in [0.717, 1.165) is 23.5 Å². The van der Waals surface area contributed by atoms with Gasteiger partial charge in [-0.25, -0.2) is 12.7 Å². The van der Waals surface area contributed by atoms with Crippen molar-refractivity contribution in [2.75, 3.05) is 12.8 Å². The van der Waals surface area contributed by atoms with E-state index in [1.165, 1.54) is 0 Å². The number of carbonyl (C=O) groups is 1. The van der Waals surface area contributed by atoms with Gasteiger partial charge in [-0.2, -0.15) is 0 Å². The van der Waals surface area contributed by atoms with Crippen molar-refractivity contribution in [3.05, 3.63) is 0 Å². The highest BCUT2D eigenvalue weighted by atomic mass is 32.2. The summed E-state index contributed by atoms with van der Waals surface area (Å²) >= 11 is 0. The molecule has 0 spiro atoms. The maximum atomic E-state index is 11.7.